The molecule has 0 aliphatic carbocycles. The fourth-order valence-corrected chi connectivity index (χ4v) is 1.22. The molecule has 4 atom stereocenters. The molecule has 1 fully saturated rings. The quantitative estimate of drug-likeness (QED) is 0.477. The Balaban J connectivity index is 2.52. The van der Waals surface area contributed by atoms with Crippen LogP contribution >= 0.6 is 0 Å². The van der Waals surface area contributed by atoms with Crippen molar-refractivity contribution in [3.05, 3.63) is 0 Å². The standard InChI is InChI=1S/C7H14O5/c1-11-6-2-4(9)7(10)5(3-8)12-6/h4-10H,2-3H2,1H3/t4-,5?,6-,7-/m0/s1. The van der Waals surface area contributed by atoms with E-state index >= 15 is 0 Å². The molecule has 5 nitrogen and oxygen atoms in total. The molecule has 5 heteroatoms. The molecule has 0 radical (unpaired) electrons. The van der Waals surface area contributed by atoms with Crippen molar-refractivity contribution < 1.29 is 24.8 Å². The van der Waals surface area contributed by atoms with Crippen LogP contribution in [0.25, 0.3) is 0 Å². The van der Waals surface area contributed by atoms with Crippen LogP contribution < -0.4 is 0 Å². The molecule has 0 bridgehead atoms. The predicted octanol–water partition coefficient (Wildman–Crippen LogP) is -1.54. The normalized spacial score (nSPS) is 43.0. The van der Waals surface area contributed by atoms with Crippen molar-refractivity contribution in [2.45, 2.75) is 31.0 Å². The molecule has 72 valence electrons. The molecule has 12 heavy (non-hydrogen) atoms. The van der Waals surface area contributed by atoms with E-state index in [-0.39, 0.29) is 13.0 Å². The van der Waals surface area contributed by atoms with Crippen LogP contribution in [-0.2, 0) is 9.47 Å². The van der Waals surface area contributed by atoms with Gasteiger partial charge in [0.25, 0.3) is 0 Å². The number of hydrogen-bond donors (Lipinski definition) is 3. The van der Waals surface area contributed by atoms with Gasteiger partial charge in [-0.3, -0.25) is 0 Å². The van der Waals surface area contributed by atoms with Crippen molar-refractivity contribution in [1.29, 1.82) is 0 Å². The second-order valence-electron chi connectivity index (χ2n) is 2.82. The lowest BCUT2D eigenvalue weighted by Crippen LogP contribution is -2.50. The average molecular weight is 178 g/mol. The van der Waals surface area contributed by atoms with E-state index in [9.17, 15) is 10.2 Å². The lowest BCUT2D eigenvalue weighted by molar-refractivity contribution is -0.248. The van der Waals surface area contributed by atoms with Gasteiger partial charge in [-0.2, -0.15) is 0 Å². The van der Waals surface area contributed by atoms with Crippen molar-refractivity contribution in [1.82, 2.24) is 0 Å². The van der Waals surface area contributed by atoms with Gasteiger partial charge in [0, 0.05) is 13.5 Å². The van der Waals surface area contributed by atoms with E-state index in [2.05, 4.69) is 0 Å². The third-order valence-corrected chi connectivity index (χ3v) is 1.98. The minimum absolute atomic E-state index is 0.230. The molecule has 1 saturated heterocycles. The Morgan fingerprint density at radius 3 is 2.67 bits per heavy atom. The third-order valence-electron chi connectivity index (χ3n) is 1.98. The fourth-order valence-electron chi connectivity index (χ4n) is 1.22. The van der Waals surface area contributed by atoms with Gasteiger partial charge >= 0.3 is 0 Å². The van der Waals surface area contributed by atoms with Crippen molar-refractivity contribution >= 4 is 0 Å². The van der Waals surface area contributed by atoms with Gasteiger partial charge in [0.1, 0.15) is 12.2 Å². The summed E-state index contributed by atoms with van der Waals surface area (Å²) in [5.41, 5.74) is 0. The zero-order valence-corrected chi connectivity index (χ0v) is 6.88. The summed E-state index contributed by atoms with van der Waals surface area (Å²) in [5.74, 6) is 0. The molecule has 0 aromatic heterocycles. The van der Waals surface area contributed by atoms with Crippen LogP contribution in [0.15, 0.2) is 0 Å². The molecule has 1 heterocycles. The summed E-state index contributed by atoms with van der Waals surface area (Å²) >= 11 is 0. The number of hydrogen-bond acceptors (Lipinski definition) is 5. The Hall–Kier alpha value is -0.200. The van der Waals surface area contributed by atoms with Crippen molar-refractivity contribution in [3.63, 3.8) is 0 Å². The number of aliphatic hydroxyl groups is 3. The molecule has 1 rings (SSSR count). The van der Waals surface area contributed by atoms with E-state index in [4.69, 9.17) is 14.6 Å². The van der Waals surface area contributed by atoms with Crippen LogP contribution in [-0.4, -0.2) is 53.6 Å². The van der Waals surface area contributed by atoms with Crippen LogP contribution in [0.4, 0.5) is 0 Å². The summed E-state index contributed by atoms with van der Waals surface area (Å²) in [4.78, 5) is 0. The Bertz CT molecular complexity index is 140. The van der Waals surface area contributed by atoms with Gasteiger partial charge in [-0.15, -0.1) is 0 Å². The van der Waals surface area contributed by atoms with Crippen molar-refractivity contribution in [3.8, 4) is 0 Å². The fraction of sp³-hybridized carbons (Fsp3) is 1.00. The van der Waals surface area contributed by atoms with Crippen molar-refractivity contribution in [2.75, 3.05) is 13.7 Å². The summed E-state index contributed by atoms with van der Waals surface area (Å²) in [6.45, 7) is -0.321. The zero-order chi connectivity index (χ0) is 9.14. The highest BCUT2D eigenvalue weighted by Gasteiger charge is 2.36. The summed E-state index contributed by atoms with van der Waals surface area (Å²) in [5, 5.41) is 27.3. The van der Waals surface area contributed by atoms with E-state index in [1.165, 1.54) is 7.11 Å². The maximum Gasteiger partial charge on any atom is 0.160 e. The maximum absolute atomic E-state index is 9.26. The van der Waals surface area contributed by atoms with E-state index in [0.717, 1.165) is 0 Å². The monoisotopic (exact) mass is 178 g/mol. The molecule has 1 aliphatic heterocycles. The smallest absolute Gasteiger partial charge is 0.160 e. The Morgan fingerprint density at radius 1 is 1.50 bits per heavy atom. The van der Waals surface area contributed by atoms with Crippen LogP contribution in [0, 0.1) is 0 Å². The summed E-state index contributed by atoms with van der Waals surface area (Å²) in [6.07, 6.45) is -2.98. The highest BCUT2D eigenvalue weighted by atomic mass is 16.7. The van der Waals surface area contributed by atoms with E-state index in [1.807, 2.05) is 0 Å². The third kappa shape index (κ3) is 1.94. The minimum atomic E-state index is -1.03. The van der Waals surface area contributed by atoms with Crippen LogP contribution in [0.5, 0.6) is 0 Å². The first-order valence-electron chi connectivity index (χ1n) is 3.84. The second kappa shape index (κ2) is 4.15. The van der Waals surface area contributed by atoms with Gasteiger partial charge in [-0.25, -0.2) is 0 Å². The average Bonchev–Trinajstić information content (AvgIpc) is 2.09. The highest BCUT2D eigenvalue weighted by Crippen LogP contribution is 2.20. The van der Waals surface area contributed by atoms with Crippen LogP contribution in [0.2, 0.25) is 0 Å². The first-order valence-corrected chi connectivity index (χ1v) is 3.84. The molecule has 0 amide bonds. The Morgan fingerprint density at radius 2 is 2.17 bits per heavy atom. The number of methoxy groups -OCH3 is 1. The van der Waals surface area contributed by atoms with Crippen molar-refractivity contribution in [2.24, 2.45) is 0 Å². The topological polar surface area (TPSA) is 79.2 Å². The largest absolute Gasteiger partial charge is 0.394 e. The highest BCUT2D eigenvalue weighted by molar-refractivity contribution is 4.81. The summed E-state index contributed by atoms with van der Waals surface area (Å²) in [7, 11) is 1.45. The van der Waals surface area contributed by atoms with E-state index in [0.29, 0.717) is 0 Å². The molecule has 0 aromatic carbocycles. The number of rotatable bonds is 2. The van der Waals surface area contributed by atoms with Gasteiger partial charge in [-0.05, 0) is 0 Å². The van der Waals surface area contributed by atoms with Gasteiger partial charge in [0.15, 0.2) is 6.29 Å². The molecule has 1 unspecified atom stereocenters. The van der Waals surface area contributed by atoms with Gasteiger partial charge in [0.2, 0.25) is 0 Å². The van der Waals surface area contributed by atoms with E-state index in [1.54, 1.807) is 0 Å². The predicted molar refractivity (Wildman–Crippen MR) is 39.4 cm³/mol. The molecule has 3 N–H and O–H groups in total. The minimum Gasteiger partial charge on any atom is -0.394 e. The summed E-state index contributed by atoms with van der Waals surface area (Å²) < 4.78 is 9.92. The summed E-state index contributed by atoms with van der Waals surface area (Å²) in [6, 6.07) is 0. The molecular formula is C7H14O5. The molecule has 0 saturated carbocycles. The Labute approximate surface area is 70.5 Å². The molecule has 1 aliphatic rings. The van der Waals surface area contributed by atoms with Crippen LogP contribution in [0.1, 0.15) is 6.42 Å². The van der Waals surface area contributed by atoms with Gasteiger partial charge in [0.05, 0.1) is 12.7 Å². The maximum atomic E-state index is 9.26. The Kier molecular flexibility index (Phi) is 3.42. The molecule has 0 spiro atoms. The second-order valence-corrected chi connectivity index (χ2v) is 2.82. The molecular weight excluding hydrogens is 164 g/mol. The number of aliphatic hydroxyl groups excluding tert-OH is 3. The lowest BCUT2D eigenvalue weighted by atomic mass is 10.0. The zero-order valence-electron chi connectivity index (χ0n) is 6.88. The van der Waals surface area contributed by atoms with Gasteiger partial charge < -0.3 is 24.8 Å². The van der Waals surface area contributed by atoms with Crippen LogP contribution in [0.3, 0.4) is 0 Å². The van der Waals surface area contributed by atoms with Gasteiger partial charge in [-0.1, -0.05) is 0 Å². The number of ether oxygens (including phenoxy) is 2. The first-order chi connectivity index (χ1) is 5.69. The SMILES string of the molecule is CO[C@@H]1C[C@H](O)[C@H](O)C(CO)O1. The molecule has 0 aromatic rings. The first kappa shape index (κ1) is 9.88. The lowest BCUT2D eigenvalue weighted by Gasteiger charge is -2.35. The van der Waals surface area contributed by atoms with E-state index < -0.39 is 24.6 Å².